The zero-order chi connectivity index (χ0) is 17.1. The van der Waals surface area contributed by atoms with E-state index < -0.39 is 0 Å². The molecule has 0 aliphatic carbocycles. The van der Waals surface area contributed by atoms with Crippen molar-refractivity contribution in [1.82, 2.24) is 15.5 Å². The van der Waals surface area contributed by atoms with Crippen molar-refractivity contribution < 1.29 is 4.42 Å². The number of aromatic nitrogens is 2. The first kappa shape index (κ1) is 16.4. The molecule has 0 amide bonds. The van der Waals surface area contributed by atoms with Crippen LogP contribution in [0, 0.1) is 13.8 Å². The fraction of sp³-hybridized carbons (Fsp3) is 0.300. The Labute approximate surface area is 142 Å². The average Bonchev–Trinajstić information content (AvgIpc) is 3.08. The SMILES string of the molecule is Cc1ccc(C)c([C@@H](C)N[C@@H](C)c2nnc(-c3ccccc3)o2)c1. The van der Waals surface area contributed by atoms with Gasteiger partial charge in [-0.3, -0.25) is 5.32 Å². The van der Waals surface area contributed by atoms with Gasteiger partial charge < -0.3 is 4.42 Å². The van der Waals surface area contributed by atoms with Crippen molar-refractivity contribution in [1.29, 1.82) is 0 Å². The lowest BCUT2D eigenvalue weighted by Gasteiger charge is -2.20. The molecule has 2 aromatic carbocycles. The first-order valence-corrected chi connectivity index (χ1v) is 8.26. The lowest BCUT2D eigenvalue weighted by Crippen LogP contribution is -2.23. The Balaban J connectivity index is 1.74. The second-order valence-electron chi connectivity index (χ2n) is 6.28. The van der Waals surface area contributed by atoms with Crippen LogP contribution in [-0.2, 0) is 0 Å². The summed E-state index contributed by atoms with van der Waals surface area (Å²) in [4.78, 5) is 0. The van der Waals surface area contributed by atoms with Crippen LogP contribution in [0.4, 0.5) is 0 Å². The highest BCUT2D eigenvalue weighted by atomic mass is 16.4. The minimum Gasteiger partial charge on any atom is -0.419 e. The Morgan fingerprint density at radius 1 is 0.917 bits per heavy atom. The molecule has 1 N–H and O–H groups in total. The quantitative estimate of drug-likeness (QED) is 0.735. The van der Waals surface area contributed by atoms with E-state index in [9.17, 15) is 0 Å². The Kier molecular flexibility index (Phi) is 4.76. The van der Waals surface area contributed by atoms with Crippen molar-refractivity contribution >= 4 is 0 Å². The Morgan fingerprint density at radius 2 is 1.67 bits per heavy atom. The molecule has 124 valence electrons. The molecule has 3 rings (SSSR count). The highest BCUT2D eigenvalue weighted by Crippen LogP contribution is 2.24. The smallest absolute Gasteiger partial charge is 0.247 e. The van der Waals surface area contributed by atoms with Crippen molar-refractivity contribution in [2.75, 3.05) is 0 Å². The molecular weight excluding hydrogens is 298 g/mol. The van der Waals surface area contributed by atoms with Crippen molar-refractivity contribution in [3.63, 3.8) is 0 Å². The van der Waals surface area contributed by atoms with Crippen LogP contribution < -0.4 is 5.32 Å². The molecule has 0 spiro atoms. The van der Waals surface area contributed by atoms with Gasteiger partial charge in [-0.25, -0.2) is 0 Å². The first-order chi connectivity index (χ1) is 11.5. The maximum Gasteiger partial charge on any atom is 0.247 e. The number of benzene rings is 2. The third kappa shape index (κ3) is 3.54. The largest absolute Gasteiger partial charge is 0.419 e. The fourth-order valence-corrected chi connectivity index (χ4v) is 2.87. The number of rotatable bonds is 5. The van der Waals surface area contributed by atoms with Gasteiger partial charge in [-0.05, 0) is 51.0 Å². The summed E-state index contributed by atoms with van der Waals surface area (Å²) in [6, 6.07) is 16.5. The molecule has 4 nitrogen and oxygen atoms in total. The van der Waals surface area contributed by atoms with E-state index in [0.29, 0.717) is 11.8 Å². The maximum atomic E-state index is 5.84. The van der Waals surface area contributed by atoms with E-state index >= 15 is 0 Å². The van der Waals surface area contributed by atoms with Gasteiger partial charge in [0, 0.05) is 11.6 Å². The summed E-state index contributed by atoms with van der Waals surface area (Å²) in [6.45, 7) is 8.46. The molecule has 0 unspecified atom stereocenters. The number of hydrogen-bond acceptors (Lipinski definition) is 4. The zero-order valence-electron chi connectivity index (χ0n) is 14.6. The molecule has 0 saturated carbocycles. The van der Waals surface area contributed by atoms with Gasteiger partial charge in [0.1, 0.15) is 0 Å². The molecule has 24 heavy (non-hydrogen) atoms. The summed E-state index contributed by atoms with van der Waals surface area (Å²) in [5.74, 6) is 1.16. The van der Waals surface area contributed by atoms with Gasteiger partial charge in [0.2, 0.25) is 11.8 Å². The summed E-state index contributed by atoms with van der Waals surface area (Å²) in [7, 11) is 0. The third-order valence-corrected chi connectivity index (χ3v) is 4.23. The molecule has 0 aliphatic rings. The predicted octanol–water partition coefficient (Wildman–Crippen LogP) is 4.77. The van der Waals surface area contributed by atoms with Gasteiger partial charge in [-0.1, -0.05) is 42.0 Å². The monoisotopic (exact) mass is 321 g/mol. The molecule has 4 heteroatoms. The lowest BCUT2D eigenvalue weighted by atomic mass is 9.99. The molecule has 0 bridgehead atoms. The van der Waals surface area contributed by atoms with E-state index in [0.717, 1.165) is 5.56 Å². The summed E-state index contributed by atoms with van der Waals surface area (Å²) >= 11 is 0. The number of nitrogens with zero attached hydrogens (tertiary/aromatic N) is 2. The van der Waals surface area contributed by atoms with Crippen LogP contribution in [0.3, 0.4) is 0 Å². The van der Waals surface area contributed by atoms with Crippen LogP contribution in [0.25, 0.3) is 11.5 Å². The minimum absolute atomic E-state index is 0.0233. The predicted molar refractivity (Wildman–Crippen MR) is 95.6 cm³/mol. The molecular formula is C20H23N3O. The second kappa shape index (κ2) is 6.97. The Morgan fingerprint density at radius 3 is 2.42 bits per heavy atom. The van der Waals surface area contributed by atoms with Crippen LogP contribution in [0.15, 0.2) is 52.9 Å². The molecule has 3 aromatic rings. The highest BCUT2D eigenvalue weighted by molar-refractivity contribution is 5.51. The van der Waals surface area contributed by atoms with Crippen molar-refractivity contribution in [3.8, 4) is 11.5 Å². The summed E-state index contributed by atoms with van der Waals surface area (Å²) in [6.07, 6.45) is 0. The van der Waals surface area contributed by atoms with E-state index in [1.165, 1.54) is 16.7 Å². The Hall–Kier alpha value is -2.46. The third-order valence-electron chi connectivity index (χ3n) is 4.23. The normalized spacial score (nSPS) is 13.7. The van der Waals surface area contributed by atoms with Crippen LogP contribution in [0.1, 0.15) is 48.5 Å². The minimum atomic E-state index is -0.0233. The maximum absolute atomic E-state index is 5.84. The molecule has 0 aliphatic heterocycles. The van der Waals surface area contributed by atoms with Crippen LogP contribution >= 0.6 is 0 Å². The molecule has 1 aromatic heterocycles. The molecule has 0 radical (unpaired) electrons. The molecule has 1 heterocycles. The van der Waals surface area contributed by atoms with E-state index in [-0.39, 0.29) is 12.1 Å². The van der Waals surface area contributed by atoms with Gasteiger partial charge in [0.15, 0.2) is 0 Å². The second-order valence-corrected chi connectivity index (χ2v) is 6.28. The summed E-state index contributed by atoms with van der Waals surface area (Å²) in [5, 5.41) is 11.9. The van der Waals surface area contributed by atoms with Crippen molar-refractivity contribution in [3.05, 3.63) is 71.1 Å². The zero-order valence-corrected chi connectivity index (χ0v) is 14.6. The van der Waals surface area contributed by atoms with E-state index in [4.69, 9.17) is 4.42 Å². The van der Waals surface area contributed by atoms with Gasteiger partial charge in [0.05, 0.1) is 6.04 Å². The highest BCUT2D eigenvalue weighted by Gasteiger charge is 2.18. The molecule has 0 saturated heterocycles. The summed E-state index contributed by atoms with van der Waals surface area (Å²) < 4.78 is 5.84. The number of hydrogen-bond donors (Lipinski definition) is 1. The topological polar surface area (TPSA) is 51.0 Å². The van der Waals surface area contributed by atoms with Gasteiger partial charge >= 0.3 is 0 Å². The first-order valence-electron chi connectivity index (χ1n) is 8.26. The number of nitrogens with one attached hydrogen (secondary N) is 1. The van der Waals surface area contributed by atoms with E-state index in [1.807, 2.05) is 37.3 Å². The van der Waals surface area contributed by atoms with Crippen LogP contribution in [0.5, 0.6) is 0 Å². The van der Waals surface area contributed by atoms with Gasteiger partial charge in [0.25, 0.3) is 0 Å². The van der Waals surface area contributed by atoms with E-state index in [1.54, 1.807) is 0 Å². The van der Waals surface area contributed by atoms with Gasteiger partial charge in [-0.15, -0.1) is 10.2 Å². The molecule has 2 atom stereocenters. The van der Waals surface area contributed by atoms with Crippen molar-refractivity contribution in [2.45, 2.75) is 39.8 Å². The van der Waals surface area contributed by atoms with Crippen LogP contribution in [0.2, 0.25) is 0 Å². The Bertz CT molecular complexity index is 811. The average molecular weight is 321 g/mol. The lowest BCUT2D eigenvalue weighted by molar-refractivity contribution is 0.394. The van der Waals surface area contributed by atoms with Gasteiger partial charge in [-0.2, -0.15) is 0 Å². The fourth-order valence-electron chi connectivity index (χ4n) is 2.87. The van der Waals surface area contributed by atoms with E-state index in [2.05, 4.69) is 54.5 Å². The van der Waals surface area contributed by atoms with Crippen LogP contribution in [-0.4, -0.2) is 10.2 Å². The van der Waals surface area contributed by atoms with Crippen molar-refractivity contribution in [2.24, 2.45) is 0 Å². The molecule has 0 fully saturated rings. The standard InChI is InChI=1S/C20H23N3O/c1-13-10-11-14(2)18(12-13)15(3)21-16(4)19-22-23-20(24-19)17-8-6-5-7-9-17/h5-12,15-16,21H,1-4H3/t15-,16+/m1/s1. The number of aryl methyl sites for hydroxylation is 2. The summed E-state index contributed by atoms with van der Waals surface area (Å²) in [5.41, 5.74) is 4.78.